The van der Waals surface area contributed by atoms with Crippen LogP contribution < -0.4 is 5.32 Å². The zero-order chi connectivity index (χ0) is 23.3. The third-order valence-electron chi connectivity index (χ3n) is 12.7. The SMILES string of the molecule is CC(=O)N[C@@H]1CC[C@@]2(C)[C@@H](CC[C@@H]3[C@@H]2CC[C@]2(C)[C@H]4[C@H](C)[C@H]5[C@@H](O)C[C@H](C)CN5[C@H]4C[C@@H]32)C1. The first-order valence-electron chi connectivity index (χ1n) is 14.3. The molecule has 4 heteroatoms. The van der Waals surface area contributed by atoms with E-state index in [1.807, 2.05) is 0 Å². The van der Waals surface area contributed by atoms with Crippen molar-refractivity contribution in [3.63, 3.8) is 0 Å². The van der Waals surface area contributed by atoms with Crippen molar-refractivity contribution in [2.24, 2.45) is 52.3 Å². The van der Waals surface area contributed by atoms with Gasteiger partial charge in [-0.15, -0.1) is 0 Å². The van der Waals surface area contributed by atoms with Gasteiger partial charge < -0.3 is 10.4 Å². The Morgan fingerprint density at radius 2 is 1.73 bits per heavy atom. The summed E-state index contributed by atoms with van der Waals surface area (Å²) in [6.45, 7) is 13.0. The van der Waals surface area contributed by atoms with Gasteiger partial charge in [0.2, 0.25) is 5.91 Å². The molecule has 0 unspecified atom stereocenters. The van der Waals surface area contributed by atoms with Crippen LogP contribution in [0.3, 0.4) is 0 Å². The molecule has 0 bridgehead atoms. The maximum Gasteiger partial charge on any atom is 0.217 e. The lowest BCUT2D eigenvalue weighted by molar-refractivity contribution is -0.127. The molecule has 0 aromatic heterocycles. The number of nitrogens with zero attached hydrogens (tertiary/aromatic N) is 1. The van der Waals surface area contributed by atoms with E-state index in [2.05, 4.69) is 37.9 Å². The lowest BCUT2D eigenvalue weighted by atomic mass is 9.44. The van der Waals surface area contributed by atoms with Gasteiger partial charge in [0.15, 0.2) is 0 Å². The van der Waals surface area contributed by atoms with Gasteiger partial charge in [-0.25, -0.2) is 0 Å². The molecule has 0 radical (unpaired) electrons. The van der Waals surface area contributed by atoms with Crippen molar-refractivity contribution in [2.45, 2.75) is 117 Å². The first kappa shape index (κ1) is 22.8. The molecule has 2 saturated heterocycles. The molecule has 186 valence electrons. The van der Waals surface area contributed by atoms with Gasteiger partial charge in [-0.05, 0) is 110 Å². The van der Waals surface area contributed by atoms with Crippen LogP contribution in [0.25, 0.3) is 0 Å². The predicted molar refractivity (Wildman–Crippen MR) is 131 cm³/mol. The summed E-state index contributed by atoms with van der Waals surface area (Å²) in [4.78, 5) is 14.5. The molecular formula is C29H48N2O2. The fraction of sp³-hybridized carbons (Fsp3) is 0.966. The summed E-state index contributed by atoms with van der Waals surface area (Å²) < 4.78 is 0. The quantitative estimate of drug-likeness (QED) is 0.593. The Balaban J connectivity index is 1.25. The number of rotatable bonds is 1. The third-order valence-corrected chi connectivity index (χ3v) is 12.7. The van der Waals surface area contributed by atoms with Gasteiger partial charge in [0.25, 0.3) is 0 Å². The minimum absolute atomic E-state index is 0.124. The van der Waals surface area contributed by atoms with Crippen LogP contribution >= 0.6 is 0 Å². The number of amides is 1. The maximum atomic E-state index is 11.7. The van der Waals surface area contributed by atoms with Gasteiger partial charge in [0.1, 0.15) is 0 Å². The fourth-order valence-electron chi connectivity index (χ4n) is 11.6. The van der Waals surface area contributed by atoms with Crippen LogP contribution in [0, 0.1) is 52.3 Å². The van der Waals surface area contributed by atoms with E-state index in [0.717, 1.165) is 36.0 Å². The Morgan fingerprint density at radius 1 is 0.970 bits per heavy atom. The van der Waals surface area contributed by atoms with Crippen molar-refractivity contribution in [1.29, 1.82) is 0 Å². The van der Waals surface area contributed by atoms with E-state index in [0.29, 0.717) is 40.8 Å². The highest BCUT2D eigenvalue weighted by Crippen LogP contribution is 2.70. The minimum Gasteiger partial charge on any atom is -0.391 e. The van der Waals surface area contributed by atoms with Crippen molar-refractivity contribution in [3.8, 4) is 0 Å². The highest BCUT2D eigenvalue weighted by molar-refractivity contribution is 5.73. The lowest BCUT2D eigenvalue weighted by Gasteiger charge is -2.61. The highest BCUT2D eigenvalue weighted by Gasteiger charge is 2.67. The second kappa shape index (κ2) is 7.69. The molecule has 1 amide bonds. The van der Waals surface area contributed by atoms with Gasteiger partial charge in [-0.3, -0.25) is 9.69 Å². The van der Waals surface area contributed by atoms with E-state index in [1.165, 1.54) is 57.9 Å². The Hall–Kier alpha value is -0.610. The molecule has 13 atom stereocenters. The molecular weight excluding hydrogens is 408 g/mol. The molecule has 0 spiro atoms. The standard InChI is InChI=1S/C29H48N2O2/c1-16-12-25(33)27-17(2)26-24(31(27)15-16)14-23-21-7-6-19-13-20(30-18(3)32)8-10-28(19,4)22(21)9-11-29(23,26)5/h16-17,19-27,33H,6-15H2,1-5H3,(H,30,32)/t16-,17-,19-,20+,21+,22-,23-,24-,25-,26-,27-,28-,29-/m0/s1. The highest BCUT2D eigenvalue weighted by atomic mass is 16.3. The lowest BCUT2D eigenvalue weighted by Crippen LogP contribution is -2.56. The van der Waals surface area contributed by atoms with E-state index in [4.69, 9.17) is 0 Å². The molecule has 0 aromatic rings. The Bertz CT molecular complexity index is 800. The number of aliphatic hydroxyl groups is 1. The first-order valence-corrected chi connectivity index (χ1v) is 14.3. The van der Waals surface area contributed by atoms with Gasteiger partial charge >= 0.3 is 0 Å². The van der Waals surface area contributed by atoms with Crippen LogP contribution in [-0.2, 0) is 4.79 Å². The Morgan fingerprint density at radius 3 is 2.48 bits per heavy atom. The summed E-state index contributed by atoms with van der Waals surface area (Å²) in [6, 6.07) is 1.52. The topological polar surface area (TPSA) is 52.6 Å². The van der Waals surface area contributed by atoms with Crippen molar-refractivity contribution < 1.29 is 9.90 Å². The van der Waals surface area contributed by atoms with Crippen molar-refractivity contribution >= 4 is 5.91 Å². The van der Waals surface area contributed by atoms with E-state index in [-0.39, 0.29) is 12.0 Å². The van der Waals surface area contributed by atoms with Crippen LogP contribution in [-0.4, -0.2) is 46.7 Å². The van der Waals surface area contributed by atoms with Crippen molar-refractivity contribution in [1.82, 2.24) is 10.2 Å². The first-order chi connectivity index (χ1) is 15.6. The Labute approximate surface area is 201 Å². The largest absolute Gasteiger partial charge is 0.391 e. The van der Waals surface area contributed by atoms with E-state index in [1.54, 1.807) is 6.92 Å². The van der Waals surface area contributed by atoms with E-state index < -0.39 is 0 Å². The van der Waals surface area contributed by atoms with Crippen molar-refractivity contribution in [2.75, 3.05) is 6.54 Å². The summed E-state index contributed by atoms with van der Waals surface area (Å²) in [5, 5.41) is 14.3. The molecule has 2 heterocycles. The molecule has 4 saturated carbocycles. The second-order valence-electron chi connectivity index (χ2n) is 14.2. The molecule has 6 fully saturated rings. The molecule has 4 aliphatic carbocycles. The van der Waals surface area contributed by atoms with Crippen LogP contribution in [0.1, 0.15) is 92.4 Å². The fourth-order valence-corrected chi connectivity index (χ4v) is 11.6. The van der Waals surface area contributed by atoms with Crippen LogP contribution in [0.5, 0.6) is 0 Å². The zero-order valence-corrected chi connectivity index (χ0v) is 21.7. The summed E-state index contributed by atoms with van der Waals surface area (Å²) in [5.74, 6) is 5.60. The summed E-state index contributed by atoms with van der Waals surface area (Å²) in [5.41, 5.74) is 0.934. The molecule has 4 nitrogen and oxygen atoms in total. The van der Waals surface area contributed by atoms with Crippen LogP contribution in [0.4, 0.5) is 0 Å². The molecule has 6 rings (SSSR count). The number of piperidine rings is 1. The van der Waals surface area contributed by atoms with Crippen LogP contribution in [0.15, 0.2) is 0 Å². The molecule has 6 aliphatic rings. The average molecular weight is 457 g/mol. The third kappa shape index (κ3) is 3.18. The number of fused-ring (bicyclic) bond motifs is 9. The number of aliphatic hydroxyl groups excluding tert-OH is 1. The zero-order valence-electron chi connectivity index (χ0n) is 21.7. The molecule has 2 aliphatic heterocycles. The number of carbonyl (C=O) groups is 1. The summed E-state index contributed by atoms with van der Waals surface area (Å²) >= 11 is 0. The number of nitrogens with one attached hydrogen (secondary N) is 1. The normalized spacial score (nSPS) is 57.9. The summed E-state index contributed by atoms with van der Waals surface area (Å²) in [6.07, 6.45) is 11.5. The van der Waals surface area contributed by atoms with Gasteiger partial charge in [-0.1, -0.05) is 27.7 Å². The molecule has 33 heavy (non-hydrogen) atoms. The van der Waals surface area contributed by atoms with E-state index in [9.17, 15) is 9.90 Å². The van der Waals surface area contributed by atoms with Gasteiger partial charge in [0, 0.05) is 31.6 Å². The predicted octanol–water partition coefficient (Wildman–Crippen LogP) is 4.85. The monoisotopic (exact) mass is 456 g/mol. The van der Waals surface area contributed by atoms with E-state index >= 15 is 0 Å². The number of carbonyl (C=O) groups excluding carboxylic acids is 1. The minimum atomic E-state index is -0.124. The molecule has 0 aromatic carbocycles. The summed E-state index contributed by atoms with van der Waals surface area (Å²) in [7, 11) is 0. The van der Waals surface area contributed by atoms with Gasteiger partial charge in [0.05, 0.1) is 6.10 Å². The van der Waals surface area contributed by atoms with Crippen LogP contribution in [0.2, 0.25) is 0 Å². The average Bonchev–Trinajstić information content (AvgIpc) is 3.20. The molecule has 2 N–H and O–H groups in total. The smallest absolute Gasteiger partial charge is 0.217 e. The van der Waals surface area contributed by atoms with Crippen molar-refractivity contribution in [3.05, 3.63) is 0 Å². The number of hydrogen-bond donors (Lipinski definition) is 2. The second-order valence-corrected chi connectivity index (χ2v) is 14.2. The maximum absolute atomic E-state index is 11.7. The Kier molecular flexibility index (Phi) is 5.32. The number of hydrogen-bond acceptors (Lipinski definition) is 3. The van der Waals surface area contributed by atoms with Gasteiger partial charge in [-0.2, -0.15) is 0 Å².